The third kappa shape index (κ3) is 3.83. The first-order valence-corrected chi connectivity index (χ1v) is 9.91. The van der Waals surface area contributed by atoms with Gasteiger partial charge in [0, 0.05) is 18.3 Å². The maximum absolute atomic E-state index is 12.7. The third-order valence-electron chi connectivity index (χ3n) is 5.21. The number of hydrogen-bond acceptors (Lipinski definition) is 4. The summed E-state index contributed by atoms with van der Waals surface area (Å²) in [4.78, 5) is 12.7. The van der Waals surface area contributed by atoms with E-state index < -0.39 is 5.97 Å². The normalized spacial score (nSPS) is 10.3. The predicted octanol–water partition coefficient (Wildman–Crippen LogP) is 4.77. The number of nitriles is 2. The quantitative estimate of drug-likeness (QED) is 0.562. The fraction of sp³-hybridized carbons (Fsp3) is 0.240. The van der Waals surface area contributed by atoms with Crippen LogP contribution in [0.3, 0.4) is 0 Å². The topological polar surface area (TPSA) is 78.8 Å². The lowest BCUT2D eigenvalue weighted by atomic mass is 9.96. The highest BCUT2D eigenvalue weighted by atomic mass is 16.5. The van der Waals surface area contributed by atoms with Gasteiger partial charge in [-0.1, -0.05) is 49.4 Å². The Hall–Kier alpha value is -3.83. The molecule has 0 saturated carbocycles. The molecule has 5 nitrogen and oxygen atoms in total. The van der Waals surface area contributed by atoms with E-state index in [0.717, 1.165) is 22.4 Å². The third-order valence-corrected chi connectivity index (χ3v) is 5.21. The Morgan fingerprint density at radius 3 is 2.33 bits per heavy atom. The summed E-state index contributed by atoms with van der Waals surface area (Å²) in [6.45, 7) is 4.00. The molecule has 2 aromatic carbocycles. The lowest BCUT2D eigenvalue weighted by Crippen LogP contribution is -2.12. The molecule has 0 fully saturated rings. The lowest BCUT2D eigenvalue weighted by Gasteiger charge is -2.09. The van der Waals surface area contributed by atoms with E-state index in [1.54, 1.807) is 18.5 Å². The van der Waals surface area contributed by atoms with Gasteiger partial charge in [0.25, 0.3) is 0 Å². The predicted molar refractivity (Wildman–Crippen MR) is 115 cm³/mol. The van der Waals surface area contributed by atoms with Gasteiger partial charge in [0.1, 0.15) is 11.8 Å². The maximum atomic E-state index is 12.7. The largest absolute Gasteiger partial charge is 0.461 e. The molecule has 3 aromatic rings. The van der Waals surface area contributed by atoms with Crippen molar-refractivity contribution in [2.24, 2.45) is 7.05 Å². The molecule has 0 aliphatic heterocycles. The van der Waals surface area contributed by atoms with Crippen LogP contribution in [0.1, 0.15) is 52.3 Å². The second-order valence-electron chi connectivity index (χ2n) is 6.93. The van der Waals surface area contributed by atoms with Crippen LogP contribution in [0.25, 0.3) is 11.1 Å². The SMILES string of the molecule is CCOC(=O)c1c(-c2ccc(Cc3ccccc3C#N)cc2)c(C#N)c(CC)n1C. The second-order valence-corrected chi connectivity index (χ2v) is 6.93. The highest BCUT2D eigenvalue weighted by Crippen LogP contribution is 2.33. The average molecular weight is 397 g/mol. The molecule has 0 N–H and O–H groups in total. The molecule has 1 heterocycles. The van der Waals surface area contributed by atoms with E-state index in [9.17, 15) is 15.3 Å². The van der Waals surface area contributed by atoms with Gasteiger partial charge in [-0.25, -0.2) is 4.79 Å². The Bertz CT molecular complexity index is 1160. The van der Waals surface area contributed by atoms with E-state index in [2.05, 4.69) is 12.1 Å². The fourth-order valence-corrected chi connectivity index (χ4v) is 3.78. The number of aromatic nitrogens is 1. The summed E-state index contributed by atoms with van der Waals surface area (Å²) in [5, 5.41) is 19.1. The van der Waals surface area contributed by atoms with E-state index in [-0.39, 0.29) is 6.61 Å². The van der Waals surface area contributed by atoms with Gasteiger partial charge in [-0.15, -0.1) is 0 Å². The summed E-state index contributed by atoms with van der Waals surface area (Å²) >= 11 is 0. The molecule has 0 atom stereocenters. The Morgan fingerprint density at radius 2 is 1.73 bits per heavy atom. The summed E-state index contributed by atoms with van der Waals surface area (Å²) in [5.74, 6) is -0.432. The standard InChI is InChI=1S/C25H23N3O2/c1-4-22-21(16-27)23(24(28(22)3)25(29)30-5-2)18-12-10-17(11-13-18)14-19-8-6-7-9-20(19)15-26/h6-13H,4-5,14H2,1-3H3. The highest BCUT2D eigenvalue weighted by molar-refractivity contribution is 5.98. The molecule has 0 aliphatic rings. The molecule has 30 heavy (non-hydrogen) atoms. The fourth-order valence-electron chi connectivity index (χ4n) is 3.78. The van der Waals surface area contributed by atoms with Crippen molar-refractivity contribution in [3.05, 3.63) is 82.2 Å². The van der Waals surface area contributed by atoms with Crippen LogP contribution in [0, 0.1) is 22.7 Å². The summed E-state index contributed by atoms with van der Waals surface area (Å²) in [7, 11) is 1.79. The van der Waals surface area contributed by atoms with Crippen LogP contribution in [0.5, 0.6) is 0 Å². The van der Waals surface area contributed by atoms with Crippen molar-refractivity contribution >= 4 is 5.97 Å². The Morgan fingerprint density at radius 1 is 1.03 bits per heavy atom. The molecule has 0 aliphatic carbocycles. The van der Waals surface area contributed by atoms with Crippen LogP contribution in [0.15, 0.2) is 48.5 Å². The van der Waals surface area contributed by atoms with Gasteiger partial charge in [0.05, 0.1) is 23.8 Å². The molecule has 1 aromatic heterocycles. The van der Waals surface area contributed by atoms with Crippen molar-refractivity contribution in [1.82, 2.24) is 4.57 Å². The van der Waals surface area contributed by atoms with Crippen LogP contribution in [-0.2, 0) is 24.6 Å². The van der Waals surface area contributed by atoms with E-state index in [4.69, 9.17) is 4.74 Å². The minimum atomic E-state index is -0.432. The van der Waals surface area contributed by atoms with E-state index >= 15 is 0 Å². The van der Waals surface area contributed by atoms with Crippen molar-refractivity contribution < 1.29 is 9.53 Å². The molecule has 0 radical (unpaired) electrons. The number of rotatable bonds is 6. The Labute approximate surface area is 176 Å². The van der Waals surface area contributed by atoms with Crippen molar-refractivity contribution in [1.29, 1.82) is 10.5 Å². The highest BCUT2D eigenvalue weighted by Gasteiger charge is 2.26. The molecule has 0 bridgehead atoms. The zero-order valence-corrected chi connectivity index (χ0v) is 17.4. The van der Waals surface area contributed by atoms with Gasteiger partial charge in [-0.05, 0) is 42.5 Å². The average Bonchev–Trinajstić information content (AvgIpc) is 3.06. The molecule has 0 unspecified atom stereocenters. The molecular formula is C25H23N3O2. The summed E-state index contributed by atoms with van der Waals surface area (Å²) in [6.07, 6.45) is 1.27. The smallest absolute Gasteiger partial charge is 0.355 e. The Kier molecular flexibility index (Phi) is 6.35. The molecule has 3 rings (SSSR count). The van der Waals surface area contributed by atoms with Crippen molar-refractivity contribution in [2.75, 3.05) is 6.61 Å². The number of ether oxygens (including phenoxy) is 1. The Balaban J connectivity index is 2.05. The molecule has 0 spiro atoms. The number of hydrogen-bond donors (Lipinski definition) is 0. The van der Waals surface area contributed by atoms with Crippen molar-refractivity contribution in [2.45, 2.75) is 26.7 Å². The summed E-state index contributed by atoms with van der Waals surface area (Å²) in [6, 6.07) is 19.8. The molecule has 5 heteroatoms. The molecule has 0 saturated heterocycles. The number of carbonyl (C=O) groups is 1. The van der Waals surface area contributed by atoms with E-state index in [0.29, 0.717) is 35.2 Å². The van der Waals surface area contributed by atoms with Crippen LogP contribution in [0.2, 0.25) is 0 Å². The van der Waals surface area contributed by atoms with Gasteiger partial charge < -0.3 is 9.30 Å². The van der Waals surface area contributed by atoms with Gasteiger partial charge in [0.2, 0.25) is 0 Å². The van der Waals surface area contributed by atoms with Crippen LogP contribution >= 0.6 is 0 Å². The van der Waals surface area contributed by atoms with E-state index in [1.165, 1.54) is 0 Å². The monoisotopic (exact) mass is 397 g/mol. The zero-order valence-electron chi connectivity index (χ0n) is 17.4. The van der Waals surface area contributed by atoms with Crippen LogP contribution in [-0.4, -0.2) is 17.1 Å². The van der Waals surface area contributed by atoms with Crippen molar-refractivity contribution in [3.8, 4) is 23.3 Å². The van der Waals surface area contributed by atoms with Crippen molar-refractivity contribution in [3.63, 3.8) is 0 Å². The minimum Gasteiger partial charge on any atom is -0.461 e. The second kappa shape index (κ2) is 9.11. The number of benzene rings is 2. The lowest BCUT2D eigenvalue weighted by molar-refractivity contribution is 0.0516. The first-order chi connectivity index (χ1) is 14.5. The van der Waals surface area contributed by atoms with Gasteiger partial charge in [-0.3, -0.25) is 0 Å². The van der Waals surface area contributed by atoms with E-state index in [1.807, 2.05) is 55.5 Å². The summed E-state index contributed by atoms with van der Waals surface area (Å²) in [5.41, 5.74) is 5.78. The molecule has 0 amide bonds. The summed E-state index contributed by atoms with van der Waals surface area (Å²) < 4.78 is 7.02. The number of carbonyl (C=O) groups excluding carboxylic acids is 1. The first kappa shape index (κ1) is 20.9. The van der Waals surface area contributed by atoms with Gasteiger partial charge in [-0.2, -0.15) is 10.5 Å². The number of nitrogens with zero attached hydrogens (tertiary/aromatic N) is 3. The minimum absolute atomic E-state index is 0.268. The van der Waals surface area contributed by atoms with Crippen LogP contribution in [0.4, 0.5) is 0 Å². The maximum Gasteiger partial charge on any atom is 0.355 e. The molecular weight excluding hydrogens is 374 g/mol. The first-order valence-electron chi connectivity index (χ1n) is 9.91. The van der Waals surface area contributed by atoms with Gasteiger partial charge >= 0.3 is 5.97 Å². The molecule has 150 valence electrons. The van der Waals surface area contributed by atoms with Crippen LogP contribution < -0.4 is 0 Å². The number of esters is 1. The van der Waals surface area contributed by atoms with Gasteiger partial charge in [0.15, 0.2) is 0 Å². The zero-order chi connectivity index (χ0) is 21.7.